The maximum Gasteiger partial charge on any atom is 0.272 e. The molecule has 1 aliphatic heterocycles. The van der Waals surface area contributed by atoms with Crippen molar-refractivity contribution in [2.24, 2.45) is 5.92 Å². The van der Waals surface area contributed by atoms with E-state index in [0.717, 1.165) is 6.07 Å². The Morgan fingerprint density at radius 2 is 1.94 bits per heavy atom. The second kappa shape index (κ2) is 10.2. The fourth-order valence-corrected chi connectivity index (χ4v) is 5.46. The first-order valence-electron chi connectivity index (χ1n) is 10.7. The van der Waals surface area contributed by atoms with Crippen LogP contribution in [0.1, 0.15) is 56.9 Å². The molecule has 2 fully saturated rings. The Morgan fingerprint density at radius 1 is 1.19 bits per heavy atom. The number of unbranched alkanes of at least 4 members (excludes halogenated alkanes) is 2. The molecule has 2 aliphatic rings. The summed E-state index contributed by atoms with van der Waals surface area (Å²) in [6.07, 6.45) is 1.44. The monoisotopic (exact) mass is 476 g/mol. The minimum atomic E-state index is -3.63. The van der Waals surface area contributed by atoms with Gasteiger partial charge in [0.25, 0.3) is 6.43 Å². The molecule has 1 aliphatic carbocycles. The molecule has 0 spiro atoms. The molecule has 7 nitrogen and oxygen atoms in total. The number of hydrogen-bond acceptors (Lipinski definition) is 5. The van der Waals surface area contributed by atoms with E-state index in [2.05, 4.69) is 10.0 Å². The van der Waals surface area contributed by atoms with Crippen molar-refractivity contribution in [3.05, 3.63) is 29.6 Å². The number of rotatable bonds is 12. The number of imide groups is 1. The van der Waals surface area contributed by atoms with Crippen LogP contribution in [0.2, 0.25) is 0 Å². The van der Waals surface area contributed by atoms with Gasteiger partial charge >= 0.3 is 0 Å². The van der Waals surface area contributed by atoms with Crippen molar-refractivity contribution in [1.29, 1.82) is 0 Å². The first kappa shape index (κ1) is 24.5. The number of alkyl halides is 2. The van der Waals surface area contributed by atoms with E-state index in [4.69, 9.17) is 4.74 Å². The van der Waals surface area contributed by atoms with E-state index in [1.807, 2.05) is 0 Å². The van der Waals surface area contributed by atoms with Gasteiger partial charge in [0.2, 0.25) is 21.8 Å². The summed E-state index contributed by atoms with van der Waals surface area (Å²) in [5, 5.41) is 2.31. The van der Waals surface area contributed by atoms with Gasteiger partial charge in [0, 0.05) is 12.3 Å². The molecular formula is C21H27F3N2O5S. The summed E-state index contributed by atoms with van der Waals surface area (Å²) < 4.78 is 71.1. The topological polar surface area (TPSA) is 102 Å². The second-order valence-corrected chi connectivity index (χ2v) is 10.2. The van der Waals surface area contributed by atoms with Crippen LogP contribution < -0.4 is 14.8 Å². The quantitative estimate of drug-likeness (QED) is 0.357. The van der Waals surface area contributed by atoms with Crippen LogP contribution in [0, 0.1) is 11.7 Å². The molecule has 32 heavy (non-hydrogen) atoms. The molecule has 2 amide bonds. The van der Waals surface area contributed by atoms with Gasteiger partial charge in [-0.25, -0.2) is 26.3 Å². The Kier molecular flexibility index (Phi) is 7.81. The van der Waals surface area contributed by atoms with E-state index in [-0.39, 0.29) is 29.2 Å². The molecule has 1 saturated heterocycles. The predicted molar refractivity (Wildman–Crippen MR) is 110 cm³/mol. The molecule has 0 aromatic heterocycles. The lowest BCUT2D eigenvalue weighted by Crippen LogP contribution is -2.40. The van der Waals surface area contributed by atoms with Crippen molar-refractivity contribution in [2.45, 2.75) is 63.3 Å². The van der Waals surface area contributed by atoms with Crippen molar-refractivity contribution in [3.63, 3.8) is 0 Å². The second-order valence-electron chi connectivity index (χ2n) is 8.35. The third kappa shape index (κ3) is 6.68. The van der Waals surface area contributed by atoms with Gasteiger partial charge in [0.05, 0.1) is 11.3 Å². The number of amides is 2. The number of hydrogen-bond donors (Lipinski definition) is 2. The first-order valence-corrected chi connectivity index (χ1v) is 12.3. The van der Waals surface area contributed by atoms with Gasteiger partial charge < -0.3 is 4.74 Å². The van der Waals surface area contributed by atoms with Crippen molar-refractivity contribution < 1.29 is 35.9 Å². The first-order chi connectivity index (χ1) is 15.1. The summed E-state index contributed by atoms with van der Waals surface area (Å²) >= 11 is 0. The molecule has 1 atom stereocenters. The molecule has 178 valence electrons. The molecule has 0 radical (unpaired) electrons. The predicted octanol–water partition coefficient (Wildman–Crippen LogP) is 2.99. The molecule has 1 aromatic rings. The van der Waals surface area contributed by atoms with Crippen LogP contribution in [0.4, 0.5) is 13.2 Å². The zero-order valence-corrected chi connectivity index (χ0v) is 18.4. The van der Waals surface area contributed by atoms with Crippen LogP contribution in [0.25, 0.3) is 0 Å². The molecule has 1 aromatic carbocycles. The van der Waals surface area contributed by atoms with Gasteiger partial charge in [0.15, 0.2) is 11.6 Å². The number of piperidine rings is 1. The number of halogens is 3. The summed E-state index contributed by atoms with van der Waals surface area (Å²) in [6, 6.07) is 3.78. The Hall–Kier alpha value is -2.14. The minimum Gasteiger partial charge on any atom is -0.485 e. The Morgan fingerprint density at radius 3 is 2.59 bits per heavy atom. The van der Waals surface area contributed by atoms with E-state index in [1.54, 1.807) is 0 Å². The van der Waals surface area contributed by atoms with Crippen LogP contribution >= 0.6 is 0 Å². The highest BCUT2D eigenvalue weighted by Gasteiger charge is 2.47. The zero-order valence-electron chi connectivity index (χ0n) is 17.5. The maximum absolute atomic E-state index is 13.8. The van der Waals surface area contributed by atoms with Crippen molar-refractivity contribution >= 4 is 21.8 Å². The van der Waals surface area contributed by atoms with Gasteiger partial charge in [-0.05, 0) is 49.8 Å². The fraction of sp³-hybridized carbons (Fsp3) is 0.619. The average molecular weight is 477 g/mol. The Bertz CT molecular complexity index is 951. The van der Waals surface area contributed by atoms with Crippen LogP contribution in [0.15, 0.2) is 18.2 Å². The van der Waals surface area contributed by atoms with E-state index < -0.39 is 34.4 Å². The SMILES string of the molecule is O=C1CCC(CCCCCS(=O)(=O)NC2(c3ccc(F)c(OCC(F)F)c3)CC2)C(=O)N1. The molecular weight excluding hydrogens is 449 g/mol. The largest absolute Gasteiger partial charge is 0.485 e. The third-order valence-electron chi connectivity index (χ3n) is 5.77. The van der Waals surface area contributed by atoms with Crippen LogP contribution in [0.5, 0.6) is 5.75 Å². The van der Waals surface area contributed by atoms with Crippen LogP contribution in [-0.2, 0) is 25.2 Å². The lowest BCUT2D eigenvalue weighted by molar-refractivity contribution is -0.136. The molecule has 1 unspecified atom stereocenters. The van der Waals surface area contributed by atoms with E-state index in [1.165, 1.54) is 12.1 Å². The number of nitrogens with one attached hydrogen (secondary N) is 2. The maximum atomic E-state index is 13.8. The molecule has 1 saturated carbocycles. The summed E-state index contributed by atoms with van der Waals surface area (Å²) in [6.45, 7) is -0.947. The number of ether oxygens (including phenoxy) is 1. The highest BCUT2D eigenvalue weighted by Crippen LogP contribution is 2.47. The number of sulfonamides is 1. The fourth-order valence-electron chi connectivity index (χ4n) is 3.86. The van der Waals surface area contributed by atoms with Gasteiger partial charge in [-0.1, -0.05) is 18.9 Å². The Balaban J connectivity index is 1.48. The lowest BCUT2D eigenvalue weighted by Gasteiger charge is -2.21. The third-order valence-corrected chi connectivity index (χ3v) is 7.30. The van der Waals surface area contributed by atoms with E-state index in [9.17, 15) is 31.2 Å². The summed E-state index contributed by atoms with van der Waals surface area (Å²) in [4.78, 5) is 22.9. The Labute approximate surface area is 185 Å². The number of carbonyl (C=O) groups excluding carboxylic acids is 2. The number of benzene rings is 1. The van der Waals surface area contributed by atoms with E-state index >= 15 is 0 Å². The molecule has 1 heterocycles. The summed E-state index contributed by atoms with van der Waals surface area (Å²) in [5.74, 6) is -1.95. The molecule has 2 N–H and O–H groups in total. The molecule has 11 heteroatoms. The van der Waals surface area contributed by atoms with Crippen molar-refractivity contribution in [2.75, 3.05) is 12.4 Å². The van der Waals surface area contributed by atoms with Gasteiger partial charge in [-0.15, -0.1) is 0 Å². The van der Waals surface area contributed by atoms with Crippen molar-refractivity contribution in [3.8, 4) is 5.75 Å². The van der Waals surface area contributed by atoms with Gasteiger partial charge in [-0.2, -0.15) is 0 Å². The molecule has 3 rings (SSSR count). The summed E-state index contributed by atoms with van der Waals surface area (Å²) in [7, 11) is -3.63. The highest BCUT2D eigenvalue weighted by atomic mass is 32.2. The standard InChI is InChI=1S/C21H27F3N2O5S/c22-16-7-6-15(12-17(16)31-13-18(23)24)21(9-10-21)26-32(29,30)11-3-1-2-4-14-5-8-19(27)25-20(14)28/h6-7,12,14,18,26H,1-5,8-11,13H2,(H,25,27,28). The normalized spacial score (nSPS) is 20.3. The van der Waals surface area contributed by atoms with Crippen molar-refractivity contribution in [1.82, 2.24) is 10.0 Å². The van der Waals surface area contributed by atoms with Gasteiger partial charge in [-0.3, -0.25) is 14.9 Å². The van der Waals surface area contributed by atoms with E-state index in [0.29, 0.717) is 56.9 Å². The smallest absolute Gasteiger partial charge is 0.272 e. The average Bonchev–Trinajstić information content (AvgIpc) is 3.48. The summed E-state index contributed by atoms with van der Waals surface area (Å²) in [5.41, 5.74) is -0.396. The zero-order chi connectivity index (χ0) is 23.4. The van der Waals surface area contributed by atoms with Crippen LogP contribution in [0.3, 0.4) is 0 Å². The molecule has 0 bridgehead atoms. The highest BCUT2D eigenvalue weighted by molar-refractivity contribution is 7.89. The van der Waals surface area contributed by atoms with Gasteiger partial charge in [0.1, 0.15) is 6.61 Å². The number of carbonyl (C=O) groups is 2. The van der Waals surface area contributed by atoms with Crippen LogP contribution in [-0.4, -0.2) is 39.0 Å². The lowest BCUT2D eigenvalue weighted by atomic mass is 9.92. The minimum absolute atomic E-state index is 0.0972.